The van der Waals surface area contributed by atoms with Crippen molar-refractivity contribution in [2.75, 3.05) is 5.32 Å². The predicted molar refractivity (Wildman–Crippen MR) is 97.7 cm³/mol. The Kier molecular flexibility index (Phi) is 5.76. The Hall–Kier alpha value is -2.15. The molecule has 3 rings (SSSR count). The molecule has 0 fully saturated rings. The number of amides is 2. The van der Waals surface area contributed by atoms with Gasteiger partial charge >= 0.3 is 0 Å². The van der Waals surface area contributed by atoms with E-state index in [1.54, 1.807) is 6.08 Å². The van der Waals surface area contributed by atoms with E-state index in [0.717, 1.165) is 49.0 Å². The molecule has 6 nitrogen and oxygen atoms in total. The van der Waals surface area contributed by atoms with Crippen LogP contribution in [0.25, 0.3) is 0 Å². The molecule has 2 atom stereocenters. The second-order valence-corrected chi connectivity index (χ2v) is 8.06. The molecule has 0 spiro atoms. The van der Waals surface area contributed by atoms with Crippen molar-refractivity contribution >= 4 is 34.1 Å². The summed E-state index contributed by atoms with van der Waals surface area (Å²) in [5.41, 5.74) is 6.96. The SMILES string of the molecule is NC(=O)c1c(NC(=O)[C@H]2CC=CC[C@H]2C(=O)[O-])sc2c1CCCCCC2. The lowest BCUT2D eigenvalue weighted by Crippen LogP contribution is -2.41. The fourth-order valence-electron chi connectivity index (χ4n) is 3.84. The van der Waals surface area contributed by atoms with Gasteiger partial charge in [-0.25, -0.2) is 0 Å². The van der Waals surface area contributed by atoms with E-state index < -0.39 is 23.7 Å². The first-order valence-corrected chi connectivity index (χ1v) is 9.91. The molecule has 0 aromatic carbocycles. The summed E-state index contributed by atoms with van der Waals surface area (Å²) in [6.07, 6.45) is 10.2. The number of fused-ring (bicyclic) bond motifs is 1. The topological polar surface area (TPSA) is 112 Å². The number of hydrogen-bond donors (Lipinski definition) is 2. The lowest BCUT2D eigenvalue weighted by atomic mass is 9.82. The molecular formula is C19H23N2O4S-. The zero-order valence-electron chi connectivity index (χ0n) is 14.6. The maximum Gasteiger partial charge on any atom is 0.251 e. The maximum atomic E-state index is 12.7. The van der Waals surface area contributed by atoms with Crippen LogP contribution in [-0.4, -0.2) is 17.8 Å². The summed E-state index contributed by atoms with van der Waals surface area (Å²) in [6.45, 7) is 0. The number of hydrogen-bond acceptors (Lipinski definition) is 5. The molecule has 140 valence electrons. The Morgan fingerprint density at radius 3 is 2.35 bits per heavy atom. The number of carbonyl (C=O) groups is 3. The molecule has 2 amide bonds. The predicted octanol–water partition coefficient (Wildman–Crippen LogP) is 1.78. The Morgan fingerprint density at radius 1 is 1.04 bits per heavy atom. The Morgan fingerprint density at radius 2 is 1.69 bits per heavy atom. The van der Waals surface area contributed by atoms with Crippen molar-refractivity contribution in [1.82, 2.24) is 0 Å². The quantitative estimate of drug-likeness (QED) is 0.781. The smallest absolute Gasteiger partial charge is 0.251 e. The van der Waals surface area contributed by atoms with Crippen LogP contribution in [0.2, 0.25) is 0 Å². The van der Waals surface area contributed by atoms with Gasteiger partial charge in [-0.15, -0.1) is 11.3 Å². The first-order valence-electron chi connectivity index (χ1n) is 9.10. The van der Waals surface area contributed by atoms with E-state index in [1.165, 1.54) is 11.3 Å². The summed E-state index contributed by atoms with van der Waals surface area (Å²) in [6, 6.07) is 0. The largest absolute Gasteiger partial charge is 0.550 e. The van der Waals surface area contributed by atoms with E-state index in [1.807, 2.05) is 6.08 Å². The average Bonchev–Trinajstić information content (AvgIpc) is 2.91. The van der Waals surface area contributed by atoms with Crippen molar-refractivity contribution in [1.29, 1.82) is 0 Å². The number of nitrogens with two attached hydrogens (primary N) is 1. The molecule has 2 aliphatic carbocycles. The second-order valence-electron chi connectivity index (χ2n) is 6.95. The van der Waals surface area contributed by atoms with E-state index in [2.05, 4.69) is 5.32 Å². The molecule has 2 aliphatic rings. The molecule has 0 saturated heterocycles. The summed E-state index contributed by atoms with van der Waals surface area (Å²) in [4.78, 5) is 37.2. The first-order chi connectivity index (χ1) is 12.5. The fourth-order valence-corrected chi connectivity index (χ4v) is 5.13. The van der Waals surface area contributed by atoms with Crippen molar-refractivity contribution in [3.63, 3.8) is 0 Å². The van der Waals surface area contributed by atoms with Gasteiger partial charge in [0.25, 0.3) is 5.91 Å². The summed E-state index contributed by atoms with van der Waals surface area (Å²) in [5.74, 6) is -3.70. The minimum Gasteiger partial charge on any atom is -0.550 e. The monoisotopic (exact) mass is 375 g/mol. The van der Waals surface area contributed by atoms with Crippen LogP contribution in [0.5, 0.6) is 0 Å². The lowest BCUT2D eigenvalue weighted by Gasteiger charge is -2.28. The highest BCUT2D eigenvalue weighted by Gasteiger charge is 2.32. The minimum atomic E-state index is -1.22. The summed E-state index contributed by atoms with van der Waals surface area (Å²) in [5, 5.41) is 14.6. The average molecular weight is 375 g/mol. The minimum absolute atomic E-state index is 0.282. The second kappa shape index (κ2) is 8.03. The van der Waals surface area contributed by atoms with Gasteiger partial charge in [-0.05, 0) is 44.1 Å². The van der Waals surface area contributed by atoms with Crippen molar-refractivity contribution < 1.29 is 19.5 Å². The van der Waals surface area contributed by atoms with Gasteiger partial charge in [0.2, 0.25) is 5.91 Å². The van der Waals surface area contributed by atoms with Gasteiger partial charge in [0.05, 0.1) is 11.5 Å². The number of carboxylic acid groups (broad SMARTS) is 1. The number of carbonyl (C=O) groups excluding carboxylic acids is 3. The lowest BCUT2D eigenvalue weighted by molar-refractivity contribution is -0.313. The highest BCUT2D eigenvalue weighted by atomic mass is 32.1. The fraction of sp³-hybridized carbons (Fsp3) is 0.526. The van der Waals surface area contributed by atoms with E-state index >= 15 is 0 Å². The molecule has 0 saturated carbocycles. The molecule has 0 aliphatic heterocycles. The third kappa shape index (κ3) is 3.82. The number of allylic oxidation sites excluding steroid dienone is 2. The van der Waals surface area contributed by atoms with Gasteiger partial charge < -0.3 is 21.0 Å². The number of nitrogens with one attached hydrogen (secondary N) is 1. The number of aliphatic carboxylic acids is 1. The molecular weight excluding hydrogens is 352 g/mol. The first kappa shape index (κ1) is 18.6. The zero-order chi connectivity index (χ0) is 18.7. The van der Waals surface area contributed by atoms with Gasteiger partial charge in [0.1, 0.15) is 5.00 Å². The normalized spacial score (nSPS) is 22.8. The van der Waals surface area contributed by atoms with Gasteiger partial charge in [0.15, 0.2) is 0 Å². The van der Waals surface area contributed by atoms with Crippen molar-refractivity contribution in [2.24, 2.45) is 17.6 Å². The molecule has 1 aromatic heterocycles. The van der Waals surface area contributed by atoms with Gasteiger partial charge in [-0.1, -0.05) is 25.0 Å². The number of primary amides is 1. The maximum absolute atomic E-state index is 12.7. The molecule has 26 heavy (non-hydrogen) atoms. The third-order valence-electron chi connectivity index (χ3n) is 5.23. The molecule has 0 bridgehead atoms. The summed E-state index contributed by atoms with van der Waals surface area (Å²) >= 11 is 1.40. The molecule has 7 heteroatoms. The van der Waals surface area contributed by atoms with Gasteiger partial charge in [0, 0.05) is 16.8 Å². The van der Waals surface area contributed by atoms with E-state index in [4.69, 9.17) is 5.73 Å². The van der Waals surface area contributed by atoms with Crippen LogP contribution in [0.15, 0.2) is 12.2 Å². The molecule has 0 radical (unpaired) electrons. The molecule has 1 heterocycles. The Bertz CT molecular complexity index is 753. The number of rotatable bonds is 4. The number of thiophene rings is 1. The van der Waals surface area contributed by atoms with Crippen LogP contribution in [0.3, 0.4) is 0 Å². The van der Waals surface area contributed by atoms with E-state index in [0.29, 0.717) is 17.0 Å². The molecule has 0 unspecified atom stereocenters. The van der Waals surface area contributed by atoms with Crippen LogP contribution >= 0.6 is 11.3 Å². The number of carboxylic acids is 1. The van der Waals surface area contributed by atoms with Crippen LogP contribution < -0.4 is 16.2 Å². The van der Waals surface area contributed by atoms with Crippen LogP contribution in [0.4, 0.5) is 5.00 Å². The Labute approximate surface area is 156 Å². The van der Waals surface area contributed by atoms with E-state index in [-0.39, 0.29) is 12.3 Å². The van der Waals surface area contributed by atoms with Gasteiger partial charge in [-0.3, -0.25) is 9.59 Å². The third-order valence-corrected chi connectivity index (χ3v) is 6.43. The number of anilines is 1. The summed E-state index contributed by atoms with van der Waals surface area (Å²) < 4.78 is 0. The standard InChI is InChI=1S/C19H24N2O4S/c20-16(22)15-13-9-3-1-2-4-10-14(13)26-18(15)21-17(23)11-7-5-6-8-12(11)19(24)25/h5-6,11-12H,1-4,7-10H2,(H2,20,22)(H,21,23)(H,24,25)/p-1/t11-,12+/m0/s1. The van der Waals surface area contributed by atoms with Crippen LogP contribution in [-0.2, 0) is 22.4 Å². The van der Waals surface area contributed by atoms with Crippen molar-refractivity contribution in [2.45, 2.75) is 51.4 Å². The molecule has 3 N–H and O–H groups in total. The summed E-state index contributed by atoms with van der Waals surface area (Å²) in [7, 11) is 0. The van der Waals surface area contributed by atoms with Crippen molar-refractivity contribution in [3.8, 4) is 0 Å². The van der Waals surface area contributed by atoms with Gasteiger partial charge in [-0.2, -0.15) is 0 Å². The molecule has 1 aromatic rings. The highest BCUT2D eigenvalue weighted by molar-refractivity contribution is 7.17. The zero-order valence-corrected chi connectivity index (χ0v) is 15.4. The van der Waals surface area contributed by atoms with Crippen molar-refractivity contribution in [3.05, 3.63) is 28.2 Å². The van der Waals surface area contributed by atoms with Crippen LogP contribution in [0, 0.1) is 11.8 Å². The van der Waals surface area contributed by atoms with E-state index in [9.17, 15) is 19.5 Å². The number of aryl methyl sites for hydroxylation is 1. The Balaban J connectivity index is 1.88. The highest BCUT2D eigenvalue weighted by Crippen LogP contribution is 2.37. The van der Waals surface area contributed by atoms with Crippen LogP contribution in [0.1, 0.15) is 59.3 Å².